The Labute approximate surface area is 84.2 Å². The van der Waals surface area contributed by atoms with Crippen LogP contribution in [0.25, 0.3) is 0 Å². The Hall–Kier alpha value is -1.56. The van der Waals surface area contributed by atoms with Gasteiger partial charge >= 0.3 is 0 Å². The molecule has 5 nitrogen and oxygen atoms in total. The van der Waals surface area contributed by atoms with E-state index in [-0.39, 0.29) is 5.56 Å². The molecule has 0 unspecified atom stereocenters. The van der Waals surface area contributed by atoms with Crippen LogP contribution in [0.4, 0.5) is 0 Å². The van der Waals surface area contributed by atoms with Gasteiger partial charge in [0.1, 0.15) is 0 Å². The zero-order chi connectivity index (χ0) is 9.97. The van der Waals surface area contributed by atoms with Gasteiger partial charge in [-0.1, -0.05) is 4.49 Å². The molecule has 14 heavy (non-hydrogen) atoms. The van der Waals surface area contributed by atoms with Gasteiger partial charge in [0.2, 0.25) is 0 Å². The molecule has 0 atom stereocenters. The summed E-state index contributed by atoms with van der Waals surface area (Å²) in [6, 6.07) is 1.43. The average Bonchev–Trinajstić information content (AvgIpc) is 2.56. The van der Waals surface area contributed by atoms with E-state index in [0.29, 0.717) is 6.54 Å². The molecule has 72 valence electrons. The van der Waals surface area contributed by atoms with E-state index < -0.39 is 0 Å². The molecule has 0 aliphatic carbocycles. The summed E-state index contributed by atoms with van der Waals surface area (Å²) >= 11 is 1.30. The van der Waals surface area contributed by atoms with Gasteiger partial charge in [0, 0.05) is 12.3 Å². The van der Waals surface area contributed by atoms with E-state index in [2.05, 4.69) is 14.6 Å². The van der Waals surface area contributed by atoms with E-state index in [0.717, 1.165) is 10.6 Å². The second kappa shape index (κ2) is 3.67. The molecule has 0 radical (unpaired) electrons. The Morgan fingerprint density at radius 1 is 1.57 bits per heavy atom. The minimum Gasteiger partial charge on any atom is -0.294 e. The summed E-state index contributed by atoms with van der Waals surface area (Å²) in [5, 5.41) is 3.88. The van der Waals surface area contributed by atoms with E-state index in [1.165, 1.54) is 34.7 Å². The number of rotatable bonds is 2. The van der Waals surface area contributed by atoms with E-state index in [9.17, 15) is 4.79 Å². The minimum absolute atomic E-state index is 0.0622. The molecule has 0 saturated heterocycles. The first-order valence-corrected chi connectivity index (χ1v) is 4.83. The maximum absolute atomic E-state index is 11.3. The molecule has 0 spiro atoms. The van der Waals surface area contributed by atoms with Crippen molar-refractivity contribution >= 4 is 11.5 Å². The Morgan fingerprint density at radius 2 is 2.43 bits per heavy atom. The number of hydrogen-bond donors (Lipinski definition) is 0. The molecule has 0 saturated carbocycles. The fourth-order valence-electron chi connectivity index (χ4n) is 1.05. The van der Waals surface area contributed by atoms with Gasteiger partial charge in [0.15, 0.2) is 0 Å². The van der Waals surface area contributed by atoms with Crippen molar-refractivity contribution in [1.29, 1.82) is 0 Å². The maximum Gasteiger partial charge on any atom is 0.253 e. The smallest absolute Gasteiger partial charge is 0.253 e. The Morgan fingerprint density at radius 3 is 3.07 bits per heavy atom. The molecule has 0 N–H and O–H groups in total. The maximum atomic E-state index is 11.3. The van der Waals surface area contributed by atoms with Crippen molar-refractivity contribution in [2.75, 3.05) is 0 Å². The lowest BCUT2D eigenvalue weighted by molar-refractivity contribution is 0.740. The van der Waals surface area contributed by atoms with Crippen molar-refractivity contribution in [3.05, 3.63) is 39.5 Å². The third-order valence-corrected chi connectivity index (χ3v) is 2.66. The molecule has 0 fully saturated rings. The first kappa shape index (κ1) is 9.01. The van der Waals surface area contributed by atoms with E-state index in [4.69, 9.17) is 0 Å². The van der Waals surface area contributed by atoms with E-state index in [1.807, 2.05) is 6.92 Å². The van der Waals surface area contributed by atoms with Gasteiger partial charge in [-0.2, -0.15) is 0 Å². The van der Waals surface area contributed by atoms with Crippen molar-refractivity contribution < 1.29 is 0 Å². The van der Waals surface area contributed by atoms with Gasteiger partial charge in [-0.25, -0.2) is 4.98 Å². The predicted molar refractivity (Wildman–Crippen MR) is 52.2 cm³/mol. The Balaban J connectivity index is 2.32. The van der Waals surface area contributed by atoms with Crippen molar-refractivity contribution in [2.45, 2.75) is 13.5 Å². The number of nitrogens with zero attached hydrogens (tertiary/aromatic N) is 4. The highest BCUT2D eigenvalue weighted by Crippen LogP contribution is 2.09. The molecule has 6 heteroatoms. The van der Waals surface area contributed by atoms with Crippen LogP contribution in [0.15, 0.2) is 23.4 Å². The average molecular weight is 208 g/mol. The highest BCUT2D eigenvalue weighted by Gasteiger charge is 2.04. The van der Waals surface area contributed by atoms with E-state index in [1.54, 1.807) is 0 Å². The fraction of sp³-hybridized carbons (Fsp3) is 0.250. The number of aryl methyl sites for hydroxylation is 1. The normalized spacial score (nSPS) is 10.4. The fourth-order valence-corrected chi connectivity index (χ4v) is 1.68. The van der Waals surface area contributed by atoms with Crippen molar-refractivity contribution in [3.63, 3.8) is 0 Å². The van der Waals surface area contributed by atoms with Crippen LogP contribution in [-0.4, -0.2) is 19.1 Å². The molecule has 2 rings (SSSR count). The first-order valence-electron chi connectivity index (χ1n) is 4.05. The van der Waals surface area contributed by atoms with Gasteiger partial charge in [0.25, 0.3) is 5.56 Å². The quantitative estimate of drug-likeness (QED) is 0.719. The molecule has 2 aromatic rings. The summed E-state index contributed by atoms with van der Waals surface area (Å²) in [6.07, 6.45) is 3.00. The van der Waals surface area contributed by atoms with Crippen LogP contribution in [0, 0.1) is 6.92 Å². The minimum atomic E-state index is -0.0622. The summed E-state index contributed by atoms with van der Waals surface area (Å²) in [6.45, 7) is 2.37. The lowest BCUT2D eigenvalue weighted by atomic mass is 10.4. The lowest BCUT2D eigenvalue weighted by Crippen LogP contribution is -2.19. The van der Waals surface area contributed by atoms with Gasteiger partial charge in [-0.15, -0.1) is 5.10 Å². The molecule has 2 aromatic heterocycles. The largest absolute Gasteiger partial charge is 0.294 e. The van der Waals surface area contributed by atoms with Crippen LogP contribution in [0.2, 0.25) is 0 Å². The molecule has 0 aliphatic heterocycles. The number of hydrogen-bond acceptors (Lipinski definition) is 5. The summed E-state index contributed by atoms with van der Waals surface area (Å²) in [7, 11) is 0. The SMILES string of the molecule is Cc1nnsc1Cn1cnccc1=O. The van der Waals surface area contributed by atoms with Crippen molar-refractivity contribution in [2.24, 2.45) is 0 Å². The third kappa shape index (κ3) is 1.69. The van der Waals surface area contributed by atoms with Gasteiger partial charge < -0.3 is 0 Å². The molecular weight excluding hydrogens is 200 g/mol. The van der Waals surface area contributed by atoms with E-state index >= 15 is 0 Å². The van der Waals surface area contributed by atoms with Crippen LogP contribution in [-0.2, 0) is 6.54 Å². The molecule has 0 aromatic carbocycles. The summed E-state index contributed by atoms with van der Waals surface area (Å²) in [4.78, 5) is 16.2. The molecule has 0 aliphatic rings. The topological polar surface area (TPSA) is 60.7 Å². The highest BCUT2D eigenvalue weighted by molar-refractivity contribution is 7.05. The number of aromatic nitrogens is 4. The van der Waals surface area contributed by atoms with Crippen LogP contribution in [0.1, 0.15) is 10.6 Å². The van der Waals surface area contributed by atoms with Crippen LogP contribution in [0.5, 0.6) is 0 Å². The summed E-state index contributed by atoms with van der Waals surface area (Å²) in [5.41, 5.74) is 0.804. The van der Waals surface area contributed by atoms with Gasteiger partial charge in [0.05, 0.1) is 23.4 Å². The molecule has 0 bridgehead atoms. The van der Waals surface area contributed by atoms with Crippen molar-refractivity contribution in [3.8, 4) is 0 Å². The van der Waals surface area contributed by atoms with Gasteiger partial charge in [-0.3, -0.25) is 9.36 Å². The van der Waals surface area contributed by atoms with Crippen LogP contribution >= 0.6 is 11.5 Å². The summed E-state index contributed by atoms with van der Waals surface area (Å²) in [5.74, 6) is 0. The zero-order valence-corrected chi connectivity index (χ0v) is 8.36. The first-order chi connectivity index (χ1) is 6.77. The van der Waals surface area contributed by atoms with Gasteiger partial charge in [-0.05, 0) is 18.5 Å². The Bertz CT molecular complexity index is 490. The van der Waals surface area contributed by atoms with Crippen molar-refractivity contribution in [1.82, 2.24) is 19.1 Å². The second-order valence-corrected chi connectivity index (χ2v) is 3.67. The van der Waals surface area contributed by atoms with Crippen LogP contribution < -0.4 is 5.56 Å². The lowest BCUT2D eigenvalue weighted by Gasteiger charge is -2.00. The third-order valence-electron chi connectivity index (χ3n) is 1.85. The predicted octanol–water partition coefficient (Wildman–Crippen LogP) is 0.452. The molecule has 0 amide bonds. The zero-order valence-electron chi connectivity index (χ0n) is 7.54. The summed E-state index contributed by atoms with van der Waals surface area (Å²) < 4.78 is 5.33. The second-order valence-electron chi connectivity index (χ2n) is 2.83. The Kier molecular flexibility index (Phi) is 2.36. The molecule has 2 heterocycles. The molecular formula is C8H8N4OS. The standard InChI is InChI=1S/C8H8N4OS/c1-6-7(14-11-10-6)4-12-5-9-3-2-8(12)13/h2-3,5H,4H2,1H3. The van der Waals surface area contributed by atoms with Crippen LogP contribution in [0.3, 0.4) is 0 Å². The monoisotopic (exact) mass is 208 g/mol. The highest BCUT2D eigenvalue weighted by atomic mass is 32.1.